The fourth-order valence-corrected chi connectivity index (χ4v) is 8.11. The molecule has 0 radical (unpaired) electrons. The molecular formula is C41H24N2S. The smallest absolute Gasteiger partial charge is 0.0991 e. The number of hydrogen-bond acceptors (Lipinski definition) is 2. The Morgan fingerprint density at radius 2 is 1.18 bits per heavy atom. The summed E-state index contributed by atoms with van der Waals surface area (Å²) < 4.78 is 4.92. The molecule has 0 saturated heterocycles. The van der Waals surface area contributed by atoms with Crippen molar-refractivity contribution in [2.24, 2.45) is 0 Å². The van der Waals surface area contributed by atoms with Crippen LogP contribution < -0.4 is 0 Å². The van der Waals surface area contributed by atoms with E-state index in [0.29, 0.717) is 5.56 Å². The van der Waals surface area contributed by atoms with Crippen LogP contribution in [0.2, 0.25) is 0 Å². The Morgan fingerprint density at radius 3 is 2.02 bits per heavy atom. The fraction of sp³-hybridized carbons (Fsp3) is 0. The number of nitriles is 1. The molecule has 2 nitrogen and oxygen atoms in total. The minimum absolute atomic E-state index is 0.661. The summed E-state index contributed by atoms with van der Waals surface area (Å²) in [5.74, 6) is 0. The fourth-order valence-electron chi connectivity index (χ4n) is 6.87. The first-order chi connectivity index (χ1) is 21.8. The second-order valence-electron chi connectivity index (χ2n) is 11.2. The van der Waals surface area contributed by atoms with E-state index in [9.17, 15) is 5.26 Å². The van der Waals surface area contributed by atoms with E-state index in [1.807, 2.05) is 23.5 Å². The topological polar surface area (TPSA) is 28.7 Å². The van der Waals surface area contributed by atoms with Crippen LogP contribution in [-0.2, 0) is 0 Å². The Hall–Kier alpha value is -5.69. The number of aromatic nitrogens is 1. The molecule has 0 N–H and O–H groups in total. The zero-order valence-corrected chi connectivity index (χ0v) is 24.5. The number of thiophene rings is 1. The van der Waals surface area contributed by atoms with E-state index in [0.717, 1.165) is 39.2 Å². The summed E-state index contributed by atoms with van der Waals surface area (Å²) in [5, 5.41) is 12.5. The molecule has 8 aromatic rings. The lowest BCUT2D eigenvalue weighted by atomic mass is 9.82. The molecule has 0 saturated carbocycles. The molecule has 2 aromatic heterocycles. The van der Waals surface area contributed by atoms with Gasteiger partial charge in [-0.05, 0) is 81.4 Å². The molecule has 0 bridgehead atoms. The molecule has 1 aliphatic rings. The molecule has 0 amide bonds. The maximum Gasteiger partial charge on any atom is 0.0991 e. The molecule has 204 valence electrons. The van der Waals surface area contributed by atoms with Crippen molar-refractivity contribution in [1.29, 1.82) is 5.26 Å². The molecule has 0 atom stereocenters. The van der Waals surface area contributed by atoms with Crippen LogP contribution in [0.1, 0.15) is 5.56 Å². The summed E-state index contributed by atoms with van der Waals surface area (Å²) in [6, 6.07) is 52.2. The summed E-state index contributed by atoms with van der Waals surface area (Å²) >= 11 is 1.86. The van der Waals surface area contributed by atoms with Gasteiger partial charge in [0.1, 0.15) is 0 Å². The van der Waals surface area contributed by atoms with Gasteiger partial charge in [0, 0.05) is 43.2 Å². The van der Waals surface area contributed by atoms with Crippen LogP contribution in [0, 0.1) is 11.3 Å². The second-order valence-corrected chi connectivity index (χ2v) is 12.3. The summed E-state index contributed by atoms with van der Waals surface area (Å²) in [6.45, 7) is 0. The zero-order chi connectivity index (χ0) is 29.2. The monoisotopic (exact) mass is 576 g/mol. The van der Waals surface area contributed by atoms with Crippen molar-refractivity contribution >= 4 is 31.5 Å². The Balaban J connectivity index is 1.38. The standard InChI is InChI=1S/C41H24N2S/c42-25-26-17-19-32-35-21-22-43(28-9-2-1-3-10-28)40(35)34-20-18-27(24-38(34)31-12-5-4-11-30(31)37(32)23-26)29-14-8-15-36-33-13-6-7-16-39(33)44-41(29)36/h1-24H. The molecule has 0 aliphatic heterocycles. The third-order valence-corrected chi connectivity index (χ3v) is 10.1. The van der Waals surface area contributed by atoms with Gasteiger partial charge in [-0.2, -0.15) is 5.26 Å². The summed E-state index contributed by atoms with van der Waals surface area (Å²) in [6.07, 6.45) is 2.17. The number of nitrogens with zero attached hydrogens (tertiary/aromatic N) is 2. The van der Waals surface area contributed by atoms with Crippen molar-refractivity contribution in [3.8, 4) is 67.5 Å². The minimum atomic E-state index is 0.661. The highest BCUT2D eigenvalue weighted by atomic mass is 32.1. The van der Waals surface area contributed by atoms with Crippen molar-refractivity contribution in [2.75, 3.05) is 0 Å². The molecule has 44 heavy (non-hydrogen) atoms. The van der Waals surface area contributed by atoms with Gasteiger partial charge in [-0.1, -0.05) is 97.1 Å². The van der Waals surface area contributed by atoms with E-state index in [-0.39, 0.29) is 0 Å². The first-order valence-corrected chi connectivity index (χ1v) is 15.6. The molecule has 0 spiro atoms. The van der Waals surface area contributed by atoms with E-state index in [4.69, 9.17) is 0 Å². The highest BCUT2D eigenvalue weighted by Crippen LogP contribution is 2.50. The second kappa shape index (κ2) is 9.67. The van der Waals surface area contributed by atoms with Crippen LogP contribution in [0.4, 0.5) is 0 Å². The van der Waals surface area contributed by atoms with E-state index >= 15 is 0 Å². The van der Waals surface area contributed by atoms with Crippen molar-refractivity contribution in [2.45, 2.75) is 0 Å². The van der Waals surface area contributed by atoms with E-state index in [2.05, 4.69) is 144 Å². The average Bonchev–Trinajstić information content (AvgIpc) is 3.70. The van der Waals surface area contributed by atoms with E-state index in [1.54, 1.807) is 0 Å². The zero-order valence-electron chi connectivity index (χ0n) is 23.7. The van der Waals surface area contributed by atoms with Gasteiger partial charge in [-0.15, -0.1) is 11.3 Å². The van der Waals surface area contributed by atoms with Gasteiger partial charge in [0.2, 0.25) is 0 Å². The number of para-hydroxylation sites is 1. The third kappa shape index (κ3) is 3.65. The van der Waals surface area contributed by atoms with Crippen LogP contribution in [0.3, 0.4) is 0 Å². The summed E-state index contributed by atoms with van der Waals surface area (Å²) in [5.41, 5.74) is 13.4. The predicted molar refractivity (Wildman–Crippen MR) is 184 cm³/mol. The van der Waals surface area contributed by atoms with Gasteiger partial charge < -0.3 is 4.57 Å². The van der Waals surface area contributed by atoms with Gasteiger partial charge >= 0.3 is 0 Å². The SMILES string of the molecule is N#Cc1ccc2c(c1)-c1ccccc1-c1cc(-c3cccc4c3sc3ccccc34)ccc1-c1c-2ccn1-c1ccccc1. The van der Waals surface area contributed by atoms with Crippen molar-refractivity contribution in [3.05, 3.63) is 151 Å². The third-order valence-electron chi connectivity index (χ3n) is 8.86. The van der Waals surface area contributed by atoms with Crippen LogP contribution in [0.25, 0.3) is 81.6 Å². The van der Waals surface area contributed by atoms with Crippen molar-refractivity contribution in [1.82, 2.24) is 4.57 Å². The first kappa shape index (κ1) is 24.9. The molecule has 6 aromatic carbocycles. The van der Waals surface area contributed by atoms with Gasteiger partial charge in [-0.3, -0.25) is 0 Å². The number of benzene rings is 6. The van der Waals surface area contributed by atoms with Crippen LogP contribution in [0.5, 0.6) is 0 Å². The molecular weight excluding hydrogens is 553 g/mol. The highest BCUT2D eigenvalue weighted by molar-refractivity contribution is 7.26. The van der Waals surface area contributed by atoms with Gasteiger partial charge in [0.25, 0.3) is 0 Å². The highest BCUT2D eigenvalue weighted by Gasteiger charge is 2.26. The van der Waals surface area contributed by atoms with Crippen LogP contribution >= 0.6 is 11.3 Å². The van der Waals surface area contributed by atoms with Crippen LogP contribution in [-0.4, -0.2) is 4.57 Å². The molecule has 0 unspecified atom stereocenters. The maximum absolute atomic E-state index is 9.87. The van der Waals surface area contributed by atoms with E-state index in [1.165, 1.54) is 42.4 Å². The largest absolute Gasteiger partial charge is 0.316 e. The van der Waals surface area contributed by atoms with Crippen molar-refractivity contribution < 1.29 is 0 Å². The average molecular weight is 577 g/mol. The Bertz CT molecular complexity index is 2450. The van der Waals surface area contributed by atoms with Gasteiger partial charge in [-0.25, -0.2) is 0 Å². The number of hydrogen-bond donors (Lipinski definition) is 0. The summed E-state index contributed by atoms with van der Waals surface area (Å²) in [4.78, 5) is 0. The Kier molecular flexibility index (Phi) is 5.47. The lowest BCUT2D eigenvalue weighted by molar-refractivity contribution is 1.09. The lowest BCUT2D eigenvalue weighted by Crippen LogP contribution is -2.01. The maximum atomic E-state index is 9.87. The van der Waals surface area contributed by atoms with Crippen LogP contribution in [0.15, 0.2) is 146 Å². The predicted octanol–water partition coefficient (Wildman–Crippen LogP) is 11.4. The summed E-state index contributed by atoms with van der Waals surface area (Å²) in [7, 11) is 0. The molecule has 2 heterocycles. The van der Waals surface area contributed by atoms with Gasteiger partial charge in [0.05, 0.1) is 17.3 Å². The normalized spacial score (nSPS) is 11.6. The minimum Gasteiger partial charge on any atom is -0.316 e. The van der Waals surface area contributed by atoms with Crippen molar-refractivity contribution in [3.63, 3.8) is 0 Å². The molecule has 1 aliphatic carbocycles. The van der Waals surface area contributed by atoms with Gasteiger partial charge in [0.15, 0.2) is 0 Å². The quantitative estimate of drug-likeness (QED) is 0.201. The molecule has 9 rings (SSSR count). The number of rotatable bonds is 2. The first-order valence-electron chi connectivity index (χ1n) is 14.7. The molecule has 3 heteroatoms. The number of fused-ring (bicyclic) bond motifs is 11. The van der Waals surface area contributed by atoms with E-state index < -0.39 is 0 Å². The molecule has 0 fully saturated rings. The Labute approximate surface area is 259 Å². The Morgan fingerprint density at radius 1 is 0.500 bits per heavy atom. The lowest BCUT2D eigenvalue weighted by Gasteiger charge is -2.23.